The first-order valence-corrected chi connectivity index (χ1v) is 21.6. The molecule has 2 heterocycles. The molecular formula is C56H32S2. The predicted octanol–water partition coefficient (Wildman–Crippen LogP) is 17.2. The summed E-state index contributed by atoms with van der Waals surface area (Å²) in [6.07, 6.45) is 0. The van der Waals surface area contributed by atoms with Gasteiger partial charge in [-0.05, 0) is 106 Å². The molecule has 0 aliphatic rings. The minimum absolute atomic E-state index is 1.24. The highest BCUT2D eigenvalue weighted by Crippen LogP contribution is 2.50. The fourth-order valence-corrected chi connectivity index (χ4v) is 12.5. The molecule has 0 radical (unpaired) electrons. The Kier molecular flexibility index (Phi) is 6.86. The van der Waals surface area contributed by atoms with Crippen molar-refractivity contribution in [2.24, 2.45) is 0 Å². The second kappa shape index (κ2) is 12.3. The maximum Gasteiger partial charge on any atom is 0.0448 e. The summed E-state index contributed by atoms with van der Waals surface area (Å²) in [4.78, 5) is 0. The number of hydrogen-bond acceptors (Lipinski definition) is 2. The molecule has 13 rings (SSSR count). The highest BCUT2D eigenvalue weighted by molar-refractivity contribution is 7.30. The molecular weight excluding hydrogens is 737 g/mol. The largest absolute Gasteiger partial charge is 0.135 e. The third-order valence-electron chi connectivity index (χ3n) is 12.4. The smallest absolute Gasteiger partial charge is 0.0448 e. The number of thiophene rings is 2. The van der Waals surface area contributed by atoms with Crippen LogP contribution in [0.2, 0.25) is 0 Å². The molecule has 13 aromatic rings. The van der Waals surface area contributed by atoms with E-state index in [0.29, 0.717) is 0 Å². The molecule has 58 heavy (non-hydrogen) atoms. The van der Waals surface area contributed by atoms with Crippen molar-refractivity contribution in [1.29, 1.82) is 0 Å². The molecule has 11 aromatic carbocycles. The topological polar surface area (TPSA) is 0 Å². The third kappa shape index (κ3) is 4.56. The van der Waals surface area contributed by atoms with Crippen molar-refractivity contribution in [1.82, 2.24) is 0 Å². The average Bonchev–Trinajstić information content (AvgIpc) is 3.86. The summed E-state index contributed by atoms with van der Waals surface area (Å²) in [7, 11) is 0. The number of rotatable bonds is 3. The lowest BCUT2D eigenvalue weighted by molar-refractivity contribution is 1.67. The van der Waals surface area contributed by atoms with Gasteiger partial charge in [0.1, 0.15) is 0 Å². The molecule has 0 saturated carbocycles. The van der Waals surface area contributed by atoms with E-state index in [9.17, 15) is 0 Å². The van der Waals surface area contributed by atoms with Crippen LogP contribution in [0.4, 0.5) is 0 Å². The summed E-state index contributed by atoms with van der Waals surface area (Å²) in [6.45, 7) is 0. The quantitative estimate of drug-likeness (QED) is 0.157. The standard InChI is InChI=1S/C56H32S2/c1-2-14-34-31-35(26-25-33(34)13-1)52-40-18-6-8-20-42(40)53(43-21-9-7-19-41(43)52)44-28-27-39(36-15-3-4-16-37(36)44)48-32-49-46-29-30-51-54(47-23-11-12-24-50(47)57-51)56(46)58-55(49)45-22-10-5-17-38(45)48/h1-32H. The van der Waals surface area contributed by atoms with Crippen LogP contribution in [-0.2, 0) is 0 Å². The van der Waals surface area contributed by atoms with Crippen molar-refractivity contribution < 1.29 is 0 Å². The highest BCUT2D eigenvalue weighted by Gasteiger charge is 2.21. The van der Waals surface area contributed by atoms with Gasteiger partial charge in [-0.3, -0.25) is 0 Å². The second-order valence-corrected chi connectivity index (χ2v) is 17.6. The van der Waals surface area contributed by atoms with Gasteiger partial charge in [-0.15, -0.1) is 22.7 Å². The molecule has 0 aliphatic heterocycles. The maximum atomic E-state index is 2.49. The predicted molar refractivity (Wildman–Crippen MR) is 256 cm³/mol. The number of benzene rings is 11. The minimum Gasteiger partial charge on any atom is -0.135 e. The summed E-state index contributed by atoms with van der Waals surface area (Å²) < 4.78 is 5.46. The zero-order valence-electron chi connectivity index (χ0n) is 31.3. The van der Waals surface area contributed by atoms with Crippen molar-refractivity contribution in [3.8, 4) is 33.4 Å². The van der Waals surface area contributed by atoms with E-state index in [1.54, 1.807) is 0 Å². The fourth-order valence-electron chi connectivity index (χ4n) is 9.91. The average molecular weight is 769 g/mol. The van der Waals surface area contributed by atoms with E-state index in [4.69, 9.17) is 0 Å². The van der Waals surface area contributed by atoms with Crippen molar-refractivity contribution >= 4 is 117 Å². The van der Waals surface area contributed by atoms with Gasteiger partial charge in [0, 0.05) is 45.7 Å². The highest BCUT2D eigenvalue weighted by atomic mass is 32.1. The Bertz CT molecular complexity index is 3800. The number of hydrogen-bond donors (Lipinski definition) is 0. The zero-order chi connectivity index (χ0) is 37.9. The number of fused-ring (bicyclic) bond motifs is 13. The van der Waals surface area contributed by atoms with Gasteiger partial charge in [0.05, 0.1) is 0 Å². The van der Waals surface area contributed by atoms with E-state index in [-0.39, 0.29) is 0 Å². The van der Waals surface area contributed by atoms with Gasteiger partial charge in [0.2, 0.25) is 0 Å². The molecule has 0 amide bonds. The molecule has 0 fully saturated rings. The van der Waals surface area contributed by atoms with Crippen LogP contribution in [0.25, 0.3) is 128 Å². The molecule has 0 nitrogen and oxygen atoms in total. The Morgan fingerprint density at radius 3 is 1.52 bits per heavy atom. The van der Waals surface area contributed by atoms with Gasteiger partial charge >= 0.3 is 0 Å². The van der Waals surface area contributed by atoms with E-state index in [1.165, 1.54) is 128 Å². The lowest BCUT2D eigenvalue weighted by Crippen LogP contribution is -1.93. The summed E-state index contributed by atoms with van der Waals surface area (Å²) >= 11 is 3.85. The van der Waals surface area contributed by atoms with Gasteiger partial charge in [0.25, 0.3) is 0 Å². The third-order valence-corrected chi connectivity index (χ3v) is 14.8. The Hall–Kier alpha value is -6.84. The van der Waals surface area contributed by atoms with E-state index < -0.39 is 0 Å². The zero-order valence-corrected chi connectivity index (χ0v) is 32.9. The van der Waals surface area contributed by atoms with Crippen molar-refractivity contribution in [3.63, 3.8) is 0 Å². The molecule has 0 N–H and O–H groups in total. The first kappa shape index (κ1) is 32.3. The van der Waals surface area contributed by atoms with Crippen molar-refractivity contribution in [3.05, 3.63) is 194 Å². The first-order valence-electron chi connectivity index (χ1n) is 19.9. The van der Waals surface area contributed by atoms with E-state index in [2.05, 4.69) is 194 Å². The summed E-state index contributed by atoms with van der Waals surface area (Å²) in [5, 5.41) is 18.2. The molecule has 0 aliphatic carbocycles. The van der Waals surface area contributed by atoms with Crippen molar-refractivity contribution in [2.45, 2.75) is 0 Å². The SMILES string of the molecule is c1ccc2cc(-c3c4ccccc4c(-c4ccc(-c5cc6c7ccc8sc9ccccc9c8c7sc6c6ccccc56)c5ccccc45)c4ccccc34)ccc2c1. The molecule has 2 aromatic heterocycles. The van der Waals surface area contributed by atoms with Gasteiger partial charge in [-0.2, -0.15) is 0 Å². The minimum atomic E-state index is 1.24. The molecule has 0 saturated heterocycles. The fraction of sp³-hybridized carbons (Fsp3) is 0. The van der Waals surface area contributed by atoms with Crippen LogP contribution in [0.15, 0.2) is 194 Å². The van der Waals surface area contributed by atoms with Gasteiger partial charge < -0.3 is 0 Å². The van der Waals surface area contributed by atoms with E-state index >= 15 is 0 Å². The lowest BCUT2D eigenvalue weighted by atomic mass is 9.83. The Morgan fingerprint density at radius 1 is 0.259 bits per heavy atom. The van der Waals surface area contributed by atoms with Crippen LogP contribution in [0.1, 0.15) is 0 Å². The molecule has 0 spiro atoms. The second-order valence-electron chi connectivity index (χ2n) is 15.5. The van der Waals surface area contributed by atoms with Gasteiger partial charge in [0.15, 0.2) is 0 Å². The van der Waals surface area contributed by atoms with Crippen LogP contribution >= 0.6 is 22.7 Å². The van der Waals surface area contributed by atoms with Crippen LogP contribution in [-0.4, -0.2) is 0 Å². The summed E-state index contributed by atoms with van der Waals surface area (Å²) in [5.74, 6) is 0. The lowest BCUT2D eigenvalue weighted by Gasteiger charge is -2.20. The van der Waals surface area contributed by atoms with Crippen molar-refractivity contribution in [2.75, 3.05) is 0 Å². The van der Waals surface area contributed by atoms with Gasteiger partial charge in [-0.25, -0.2) is 0 Å². The molecule has 0 bridgehead atoms. The van der Waals surface area contributed by atoms with Crippen LogP contribution in [0, 0.1) is 0 Å². The Morgan fingerprint density at radius 2 is 0.793 bits per heavy atom. The normalized spacial score (nSPS) is 12.1. The maximum absolute atomic E-state index is 2.49. The molecule has 268 valence electrons. The summed E-state index contributed by atoms with van der Waals surface area (Å²) in [6, 6.07) is 72.6. The van der Waals surface area contributed by atoms with Crippen LogP contribution < -0.4 is 0 Å². The molecule has 0 atom stereocenters. The first-order chi connectivity index (χ1) is 28.8. The van der Waals surface area contributed by atoms with Crippen LogP contribution in [0.3, 0.4) is 0 Å². The summed E-state index contributed by atoms with van der Waals surface area (Å²) in [5.41, 5.74) is 7.62. The molecule has 2 heteroatoms. The van der Waals surface area contributed by atoms with Gasteiger partial charge in [-0.1, -0.05) is 170 Å². The monoisotopic (exact) mass is 768 g/mol. The molecule has 0 unspecified atom stereocenters. The van der Waals surface area contributed by atoms with E-state index in [0.717, 1.165) is 0 Å². The Labute approximate surface area is 342 Å². The van der Waals surface area contributed by atoms with Crippen LogP contribution in [0.5, 0.6) is 0 Å². The Balaban J connectivity index is 1.08. The van der Waals surface area contributed by atoms with E-state index in [1.807, 2.05) is 22.7 Å².